The van der Waals surface area contributed by atoms with Crippen molar-refractivity contribution in [2.75, 3.05) is 7.11 Å². The predicted octanol–water partition coefficient (Wildman–Crippen LogP) is 4.70. The first-order valence-corrected chi connectivity index (χ1v) is 8.30. The summed E-state index contributed by atoms with van der Waals surface area (Å²) in [6, 6.07) is 12.1. The zero-order valence-electron chi connectivity index (χ0n) is 15.2. The monoisotopic (exact) mass is 348 g/mol. The van der Waals surface area contributed by atoms with Crippen LogP contribution < -0.4 is 4.74 Å². The minimum absolute atomic E-state index is 0.0463. The van der Waals surface area contributed by atoms with E-state index in [0.717, 1.165) is 33.2 Å². The van der Waals surface area contributed by atoms with Crippen molar-refractivity contribution < 1.29 is 19.4 Å². The molecule has 0 amide bonds. The number of fused-ring (bicyclic) bond motifs is 1. The van der Waals surface area contributed by atoms with Gasteiger partial charge in [-0.05, 0) is 72.5 Å². The summed E-state index contributed by atoms with van der Waals surface area (Å²) in [5.74, 6) is -0.238. The summed E-state index contributed by atoms with van der Waals surface area (Å²) in [6.07, 6.45) is 0. The van der Waals surface area contributed by atoms with Gasteiger partial charge in [0, 0.05) is 11.1 Å². The van der Waals surface area contributed by atoms with Crippen molar-refractivity contribution in [2.24, 2.45) is 0 Å². The molecule has 3 aromatic carbocycles. The third kappa shape index (κ3) is 2.94. The fourth-order valence-electron chi connectivity index (χ4n) is 3.27. The van der Waals surface area contributed by atoms with Gasteiger partial charge in [-0.15, -0.1) is 0 Å². The zero-order valence-corrected chi connectivity index (χ0v) is 15.2. The van der Waals surface area contributed by atoms with E-state index in [2.05, 4.69) is 0 Å². The highest BCUT2D eigenvalue weighted by molar-refractivity contribution is 6.12. The number of methoxy groups -OCH3 is 1. The molecule has 26 heavy (non-hydrogen) atoms. The van der Waals surface area contributed by atoms with Gasteiger partial charge in [0.2, 0.25) is 0 Å². The highest BCUT2D eigenvalue weighted by Gasteiger charge is 2.19. The lowest BCUT2D eigenvalue weighted by molar-refractivity contribution is 0.0697. The topological polar surface area (TPSA) is 63.6 Å². The van der Waals surface area contributed by atoms with Crippen LogP contribution in [-0.2, 0) is 0 Å². The summed E-state index contributed by atoms with van der Waals surface area (Å²) in [6.45, 7) is 5.78. The van der Waals surface area contributed by atoms with Crippen LogP contribution in [0.4, 0.5) is 0 Å². The Bertz CT molecular complexity index is 1050. The van der Waals surface area contributed by atoms with Gasteiger partial charge in [-0.3, -0.25) is 4.79 Å². The number of hydrogen-bond donors (Lipinski definition) is 1. The Morgan fingerprint density at radius 2 is 1.42 bits per heavy atom. The van der Waals surface area contributed by atoms with E-state index in [1.54, 1.807) is 37.4 Å². The quantitative estimate of drug-likeness (QED) is 0.694. The summed E-state index contributed by atoms with van der Waals surface area (Å²) in [5.41, 5.74) is 4.23. The van der Waals surface area contributed by atoms with E-state index < -0.39 is 5.97 Å². The molecule has 0 aromatic heterocycles. The molecule has 0 bridgehead atoms. The van der Waals surface area contributed by atoms with Crippen molar-refractivity contribution in [3.05, 3.63) is 75.8 Å². The lowest BCUT2D eigenvalue weighted by atomic mass is 9.90. The summed E-state index contributed by atoms with van der Waals surface area (Å²) in [5, 5.41) is 10.7. The molecule has 0 aliphatic rings. The van der Waals surface area contributed by atoms with Crippen LogP contribution in [0.2, 0.25) is 0 Å². The Labute approximate surface area is 152 Å². The maximum absolute atomic E-state index is 13.1. The van der Waals surface area contributed by atoms with Gasteiger partial charge in [0.25, 0.3) is 0 Å². The van der Waals surface area contributed by atoms with Crippen LogP contribution in [-0.4, -0.2) is 24.0 Å². The maximum atomic E-state index is 13.1. The van der Waals surface area contributed by atoms with Gasteiger partial charge in [-0.1, -0.05) is 18.2 Å². The van der Waals surface area contributed by atoms with Crippen LogP contribution in [0.15, 0.2) is 42.5 Å². The van der Waals surface area contributed by atoms with E-state index in [0.29, 0.717) is 11.1 Å². The molecule has 0 spiro atoms. The summed E-state index contributed by atoms with van der Waals surface area (Å²) >= 11 is 0. The van der Waals surface area contributed by atoms with E-state index in [9.17, 15) is 9.59 Å². The number of aromatic carboxylic acids is 1. The molecule has 0 atom stereocenters. The first-order chi connectivity index (χ1) is 12.3. The molecule has 0 heterocycles. The molecule has 0 unspecified atom stereocenters. The molecule has 0 saturated heterocycles. The van der Waals surface area contributed by atoms with Crippen molar-refractivity contribution in [3.63, 3.8) is 0 Å². The van der Waals surface area contributed by atoms with Gasteiger partial charge in [-0.25, -0.2) is 4.79 Å². The van der Waals surface area contributed by atoms with E-state index in [4.69, 9.17) is 9.84 Å². The summed E-state index contributed by atoms with van der Waals surface area (Å²) in [7, 11) is 1.62. The fraction of sp³-hybridized carbons (Fsp3) is 0.182. The van der Waals surface area contributed by atoms with E-state index in [1.165, 1.54) is 0 Å². The van der Waals surface area contributed by atoms with Crippen LogP contribution in [0.25, 0.3) is 10.8 Å². The lowest BCUT2D eigenvalue weighted by Gasteiger charge is -2.15. The number of benzene rings is 3. The molecule has 0 aliphatic heterocycles. The van der Waals surface area contributed by atoms with Gasteiger partial charge >= 0.3 is 5.97 Å². The van der Waals surface area contributed by atoms with Crippen molar-refractivity contribution in [1.82, 2.24) is 0 Å². The summed E-state index contributed by atoms with van der Waals surface area (Å²) < 4.78 is 5.38. The molecule has 0 fully saturated rings. The smallest absolute Gasteiger partial charge is 0.335 e. The predicted molar refractivity (Wildman–Crippen MR) is 102 cm³/mol. The number of aryl methyl sites for hydroxylation is 1. The maximum Gasteiger partial charge on any atom is 0.335 e. The van der Waals surface area contributed by atoms with Gasteiger partial charge in [0.05, 0.1) is 12.7 Å². The average molecular weight is 348 g/mol. The molecular weight excluding hydrogens is 328 g/mol. The number of ether oxygens (including phenoxy) is 1. The number of carboxylic acids is 1. The van der Waals surface area contributed by atoms with Crippen molar-refractivity contribution >= 4 is 22.5 Å². The molecule has 4 heteroatoms. The Hall–Kier alpha value is -3.14. The highest BCUT2D eigenvalue weighted by atomic mass is 16.5. The summed E-state index contributed by atoms with van der Waals surface area (Å²) in [4.78, 5) is 24.2. The molecule has 132 valence electrons. The average Bonchev–Trinajstić information content (AvgIpc) is 2.63. The Kier molecular flexibility index (Phi) is 4.51. The molecule has 0 radical (unpaired) electrons. The van der Waals surface area contributed by atoms with Gasteiger partial charge in [-0.2, -0.15) is 0 Å². The Morgan fingerprint density at radius 1 is 0.846 bits per heavy atom. The van der Waals surface area contributed by atoms with E-state index in [-0.39, 0.29) is 11.3 Å². The third-order valence-electron chi connectivity index (χ3n) is 4.85. The van der Waals surface area contributed by atoms with E-state index in [1.807, 2.05) is 32.9 Å². The van der Waals surface area contributed by atoms with Crippen LogP contribution >= 0.6 is 0 Å². The number of carbonyl (C=O) groups is 2. The van der Waals surface area contributed by atoms with Crippen molar-refractivity contribution in [3.8, 4) is 5.75 Å². The second kappa shape index (κ2) is 6.64. The van der Waals surface area contributed by atoms with Crippen LogP contribution in [0.1, 0.15) is 43.0 Å². The molecule has 0 aliphatic carbocycles. The third-order valence-corrected chi connectivity index (χ3v) is 4.85. The number of rotatable bonds is 4. The molecule has 1 N–H and O–H groups in total. The highest BCUT2D eigenvalue weighted by Crippen LogP contribution is 2.30. The van der Waals surface area contributed by atoms with Crippen molar-refractivity contribution in [2.45, 2.75) is 20.8 Å². The standard InChI is InChI=1S/C22H20O4/c1-12-9-19(26-4)13(2)14(3)20(12)21(23)17-7-5-16-11-18(22(24)25)8-6-15(16)10-17/h5-11H,1-4H3,(H,24,25). The number of carboxylic acid groups (broad SMARTS) is 1. The molecular formula is C22H20O4. The van der Waals surface area contributed by atoms with Gasteiger partial charge in [0.1, 0.15) is 5.75 Å². The number of carbonyl (C=O) groups excluding carboxylic acids is 1. The van der Waals surface area contributed by atoms with Crippen LogP contribution in [0.5, 0.6) is 5.75 Å². The molecule has 3 rings (SSSR count). The zero-order chi connectivity index (χ0) is 19.0. The second-order valence-electron chi connectivity index (χ2n) is 6.43. The van der Waals surface area contributed by atoms with Gasteiger partial charge in [0.15, 0.2) is 5.78 Å². The Morgan fingerprint density at radius 3 is 2.00 bits per heavy atom. The van der Waals surface area contributed by atoms with Crippen LogP contribution in [0, 0.1) is 20.8 Å². The SMILES string of the molecule is COc1cc(C)c(C(=O)c2ccc3cc(C(=O)O)ccc3c2)c(C)c1C. The molecule has 3 aromatic rings. The lowest BCUT2D eigenvalue weighted by Crippen LogP contribution is -2.08. The number of hydrogen-bond acceptors (Lipinski definition) is 3. The first-order valence-electron chi connectivity index (χ1n) is 8.30. The van der Waals surface area contributed by atoms with E-state index >= 15 is 0 Å². The first kappa shape index (κ1) is 17.7. The Balaban J connectivity index is 2.10. The fourth-order valence-corrected chi connectivity index (χ4v) is 3.27. The van der Waals surface area contributed by atoms with Crippen molar-refractivity contribution in [1.29, 1.82) is 0 Å². The normalized spacial score (nSPS) is 10.8. The van der Waals surface area contributed by atoms with Gasteiger partial charge < -0.3 is 9.84 Å². The molecule has 0 saturated carbocycles. The minimum Gasteiger partial charge on any atom is -0.496 e. The minimum atomic E-state index is -0.966. The van der Waals surface area contributed by atoms with Crippen LogP contribution in [0.3, 0.4) is 0 Å². The largest absolute Gasteiger partial charge is 0.496 e. The second-order valence-corrected chi connectivity index (χ2v) is 6.43. The number of ketones is 1. The molecule has 4 nitrogen and oxygen atoms in total.